The third-order valence-electron chi connectivity index (χ3n) is 8.53. The first-order valence-electron chi connectivity index (χ1n) is 18.0. The second kappa shape index (κ2) is 30.2. The molecule has 0 aliphatic carbocycles. The molecule has 0 amide bonds. The van der Waals surface area contributed by atoms with Crippen molar-refractivity contribution in [2.75, 3.05) is 0 Å². The average Bonchev–Trinajstić information content (AvgIpc) is 2.91. The van der Waals surface area contributed by atoms with Gasteiger partial charge in [-0.2, -0.15) is 0 Å². The summed E-state index contributed by atoms with van der Waals surface area (Å²) in [6, 6.07) is 0. The van der Waals surface area contributed by atoms with Crippen molar-refractivity contribution in [1.29, 1.82) is 0 Å². The van der Waals surface area contributed by atoms with Gasteiger partial charge < -0.3 is 0 Å². The van der Waals surface area contributed by atoms with E-state index in [4.69, 9.17) is 0 Å². The summed E-state index contributed by atoms with van der Waals surface area (Å²) >= 11 is 0. The highest BCUT2D eigenvalue weighted by Crippen LogP contribution is 2.30. The Labute approximate surface area is 249 Å². The lowest BCUT2D eigenvalue weighted by Crippen LogP contribution is -2.11. The van der Waals surface area contributed by atoms with Crippen LogP contribution in [0.2, 0.25) is 0 Å². The minimum absolute atomic E-state index is 0.549. The molecule has 0 aromatic heterocycles. The Balaban J connectivity index is 3.45. The monoisotopic (exact) mass is 543 g/mol. The van der Waals surface area contributed by atoms with Crippen molar-refractivity contribution in [2.24, 2.45) is 11.3 Å². The summed E-state index contributed by atoms with van der Waals surface area (Å²) in [6.45, 7) is 12.0. The van der Waals surface area contributed by atoms with Crippen molar-refractivity contribution >= 4 is 0 Å². The first-order chi connectivity index (χ1) is 19.0. The Kier molecular flexibility index (Phi) is 29.6. The first-order valence-corrected chi connectivity index (χ1v) is 18.0. The Morgan fingerprint density at radius 2 is 0.872 bits per heavy atom. The van der Waals surface area contributed by atoms with Gasteiger partial charge in [0, 0.05) is 0 Å². The van der Waals surface area contributed by atoms with E-state index in [2.05, 4.69) is 71.1 Å². The molecule has 0 heteroatoms. The zero-order valence-corrected chi connectivity index (χ0v) is 27.9. The molecule has 0 rings (SSSR count). The number of hydrogen-bond acceptors (Lipinski definition) is 0. The fourth-order valence-corrected chi connectivity index (χ4v) is 5.60. The molecule has 0 fully saturated rings. The summed E-state index contributed by atoms with van der Waals surface area (Å²) in [4.78, 5) is 0. The molecule has 0 N–H and O–H groups in total. The lowest BCUT2D eigenvalue weighted by Gasteiger charge is -2.24. The molecule has 0 bridgehead atoms. The van der Waals surface area contributed by atoms with E-state index in [1.165, 1.54) is 161 Å². The molecule has 1 atom stereocenters. The van der Waals surface area contributed by atoms with Gasteiger partial charge in [-0.15, -0.1) is 0 Å². The van der Waals surface area contributed by atoms with Crippen LogP contribution in [0.15, 0.2) is 36.5 Å². The summed E-state index contributed by atoms with van der Waals surface area (Å²) in [5.74, 6) is 0.873. The second-order valence-corrected chi connectivity index (χ2v) is 13.5. The van der Waals surface area contributed by atoms with E-state index >= 15 is 0 Å². The summed E-state index contributed by atoms with van der Waals surface area (Å²) in [7, 11) is 0. The maximum absolute atomic E-state index is 2.51. The number of hydrogen-bond donors (Lipinski definition) is 0. The summed E-state index contributed by atoms with van der Waals surface area (Å²) in [5.41, 5.74) is 0.549. The quantitative estimate of drug-likeness (QED) is 0.0625. The molecular formula is C39H74. The molecule has 0 aliphatic rings. The van der Waals surface area contributed by atoms with Crippen molar-refractivity contribution in [3.05, 3.63) is 36.5 Å². The van der Waals surface area contributed by atoms with Gasteiger partial charge in [0.1, 0.15) is 0 Å². The first kappa shape index (κ1) is 38.2. The molecule has 0 aromatic rings. The Bertz CT molecular complexity index is 548. The summed E-state index contributed by atoms with van der Waals surface area (Å²) < 4.78 is 0. The van der Waals surface area contributed by atoms with Crippen LogP contribution in [0.25, 0.3) is 0 Å². The van der Waals surface area contributed by atoms with Crippen molar-refractivity contribution < 1.29 is 0 Å². The van der Waals surface area contributed by atoms with E-state index in [9.17, 15) is 0 Å². The molecular weight excluding hydrogens is 468 g/mol. The number of allylic oxidation sites excluding steroid dienone is 6. The van der Waals surface area contributed by atoms with E-state index in [0.29, 0.717) is 5.41 Å². The maximum Gasteiger partial charge on any atom is -0.0169 e. The highest BCUT2D eigenvalue weighted by atomic mass is 14.2. The van der Waals surface area contributed by atoms with Crippen LogP contribution in [0.5, 0.6) is 0 Å². The Morgan fingerprint density at radius 1 is 0.462 bits per heavy atom. The normalized spacial score (nSPS) is 13.5. The van der Waals surface area contributed by atoms with Crippen LogP contribution in [-0.2, 0) is 0 Å². The van der Waals surface area contributed by atoms with Gasteiger partial charge >= 0.3 is 0 Å². The molecule has 0 spiro atoms. The predicted octanol–water partition coefficient (Wildman–Crippen LogP) is 14.5. The van der Waals surface area contributed by atoms with Crippen molar-refractivity contribution in [1.82, 2.24) is 0 Å². The van der Waals surface area contributed by atoms with Gasteiger partial charge in [0.25, 0.3) is 0 Å². The van der Waals surface area contributed by atoms with Crippen LogP contribution in [0.1, 0.15) is 202 Å². The molecule has 1 unspecified atom stereocenters. The molecule has 0 heterocycles. The summed E-state index contributed by atoms with van der Waals surface area (Å²) in [5, 5.41) is 0. The molecule has 0 saturated heterocycles. The predicted molar refractivity (Wildman–Crippen MR) is 182 cm³/mol. The molecule has 0 saturated carbocycles. The average molecular weight is 543 g/mol. The van der Waals surface area contributed by atoms with E-state index in [1.54, 1.807) is 0 Å². The molecule has 0 radical (unpaired) electrons. The fourth-order valence-electron chi connectivity index (χ4n) is 5.60. The maximum atomic E-state index is 2.51. The molecule has 0 nitrogen and oxygen atoms in total. The van der Waals surface area contributed by atoms with Crippen LogP contribution < -0.4 is 0 Å². The minimum Gasteiger partial charge on any atom is -0.0885 e. The van der Waals surface area contributed by atoms with Crippen LogP contribution >= 0.6 is 0 Å². The van der Waals surface area contributed by atoms with Crippen LogP contribution in [0, 0.1) is 11.3 Å². The molecule has 39 heavy (non-hydrogen) atoms. The smallest absolute Gasteiger partial charge is 0.0169 e. The van der Waals surface area contributed by atoms with Gasteiger partial charge in [0.2, 0.25) is 0 Å². The van der Waals surface area contributed by atoms with Gasteiger partial charge in [-0.25, -0.2) is 0 Å². The van der Waals surface area contributed by atoms with E-state index < -0.39 is 0 Å². The third kappa shape index (κ3) is 31.6. The standard InChI is InChI=1S/C39H74/c1-6-8-10-11-12-13-14-15-16-17-18-19-22-25-28-32-36-39(4,5)37-33-29-26-23-20-21-24-27-31-35-38(3)34-30-9-7-2/h12-13,15-16,27,31,38H,6-11,14,17-26,28-30,32-37H2,1-5H3/b13-12-,16-15-,31-27-. The van der Waals surface area contributed by atoms with Gasteiger partial charge in [-0.3, -0.25) is 0 Å². The van der Waals surface area contributed by atoms with Gasteiger partial charge in [0.15, 0.2) is 0 Å². The van der Waals surface area contributed by atoms with Crippen molar-refractivity contribution in [3.63, 3.8) is 0 Å². The topological polar surface area (TPSA) is 0 Å². The van der Waals surface area contributed by atoms with Crippen LogP contribution in [0.3, 0.4) is 0 Å². The number of rotatable bonds is 30. The van der Waals surface area contributed by atoms with Gasteiger partial charge in [-0.1, -0.05) is 174 Å². The lowest BCUT2D eigenvalue weighted by molar-refractivity contribution is 0.282. The highest BCUT2D eigenvalue weighted by Gasteiger charge is 2.16. The minimum atomic E-state index is 0.549. The number of unbranched alkanes of at least 4 members (excludes halogenated alkanes) is 17. The Hall–Kier alpha value is -0.780. The van der Waals surface area contributed by atoms with Gasteiger partial charge in [0.05, 0.1) is 0 Å². The van der Waals surface area contributed by atoms with Crippen molar-refractivity contribution in [2.45, 2.75) is 202 Å². The molecule has 0 aliphatic heterocycles. The Morgan fingerprint density at radius 3 is 1.38 bits per heavy atom. The van der Waals surface area contributed by atoms with Crippen LogP contribution in [0.4, 0.5) is 0 Å². The van der Waals surface area contributed by atoms with E-state index in [0.717, 1.165) is 12.3 Å². The molecule has 230 valence electrons. The fraction of sp³-hybridized carbons (Fsp3) is 0.846. The SMILES string of the molecule is CCCCC/C=C\C/C=C\CCCCCCCCC(C)(C)CCCCCCCC/C=C\CC(C)CCCCC. The molecule has 0 aromatic carbocycles. The highest BCUT2D eigenvalue weighted by molar-refractivity contribution is 4.92. The lowest BCUT2D eigenvalue weighted by atomic mass is 9.82. The van der Waals surface area contributed by atoms with Gasteiger partial charge in [-0.05, 0) is 75.5 Å². The summed E-state index contributed by atoms with van der Waals surface area (Å²) in [6.07, 6.45) is 50.2. The zero-order chi connectivity index (χ0) is 28.7. The van der Waals surface area contributed by atoms with Crippen LogP contribution in [-0.4, -0.2) is 0 Å². The van der Waals surface area contributed by atoms with E-state index in [-0.39, 0.29) is 0 Å². The zero-order valence-electron chi connectivity index (χ0n) is 27.9. The second-order valence-electron chi connectivity index (χ2n) is 13.5. The van der Waals surface area contributed by atoms with Crippen molar-refractivity contribution in [3.8, 4) is 0 Å². The third-order valence-corrected chi connectivity index (χ3v) is 8.53. The largest absolute Gasteiger partial charge is 0.0885 e. The van der Waals surface area contributed by atoms with E-state index in [1.807, 2.05) is 0 Å².